The molecule has 0 N–H and O–H groups in total. The third-order valence-electron chi connectivity index (χ3n) is 3.63. The maximum Gasteiger partial charge on any atom is 0.254 e. The van der Waals surface area contributed by atoms with E-state index in [1.807, 2.05) is 23.1 Å². The standard InChI is InChI=1S/C16H16N2O/c19-16(14-8-10-17-11-9-14)18-12-4-7-15(18)13-5-2-1-3-6-13/h1-3,5-6,8-11,15H,4,7,12H2. The van der Waals surface area contributed by atoms with Crippen molar-refractivity contribution in [3.63, 3.8) is 0 Å². The van der Waals surface area contributed by atoms with Crippen molar-refractivity contribution in [2.45, 2.75) is 18.9 Å². The van der Waals surface area contributed by atoms with Crippen LogP contribution in [0.1, 0.15) is 34.8 Å². The molecule has 1 saturated heterocycles. The highest BCUT2D eigenvalue weighted by molar-refractivity contribution is 5.94. The first-order chi connectivity index (χ1) is 9.36. The van der Waals surface area contributed by atoms with E-state index < -0.39 is 0 Å². The van der Waals surface area contributed by atoms with E-state index in [4.69, 9.17) is 0 Å². The first kappa shape index (κ1) is 11.9. The van der Waals surface area contributed by atoms with E-state index in [0.717, 1.165) is 24.9 Å². The third kappa shape index (κ3) is 2.36. The Bertz CT molecular complexity index is 553. The van der Waals surface area contributed by atoms with Gasteiger partial charge in [-0.3, -0.25) is 9.78 Å². The van der Waals surface area contributed by atoms with Crippen LogP contribution >= 0.6 is 0 Å². The molecule has 1 unspecified atom stereocenters. The van der Waals surface area contributed by atoms with Crippen LogP contribution in [-0.2, 0) is 0 Å². The molecule has 2 aromatic rings. The molecule has 2 heterocycles. The van der Waals surface area contributed by atoms with E-state index in [9.17, 15) is 4.79 Å². The van der Waals surface area contributed by atoms with Crippen LogP contribution < -0.4 is 0 Å². The van der Waals surface area contributed by atoms with Crippen molar-refractivity contribution in [2.24, 2.45) is 0 Å². The molecule has 1 aliphatic heterocycles. The van der Waals surface area contributed by atoms with Gasteiger partial charge in [-0.2, -0.15) is 0 Å². The molecule has 1 aromatic carbocycles. The molecule has 19 heavy (non-hydrogen) atoms. The van der Waals surface area contributed by atoms with Crippen molar-refractivity contribution < 1.29 is 4.79 Å². The quantitative estimate of drug-likeness (QED) is 0.823. The SMILES string of the molecule is O=C(c1ccncc1)N1CCCC1c1ccccc1. The average molecular weight is 252 g/mol. The smallest absolute Gasteiger partial charge is 0.254 e. The molecule has 3 heteroatoms. The summed E-state index contributed by atoms with van der Waals surface area (Å²) in [6, 6.07) is 14.0. The van der Waals surface area contributed by atoms with E-state index in [0.29, 0.717) is 0 Å². The number of hydrogen-bond acceptors (Lipinski definition) is 2. The Kier molecular flexibility index (Phi) is 3.27. The highest BCUT2D eigenvalue weighted by Gasteiger charge is 2.30. The number of hydrogen-bond donors (Lipinski definition) is 0. The Morgan fingerprint density at radius 1 is 1.11 bits per heavy atom. The number of pyridine rings is 1. The molecule has 0 bridgehead atoms. The fraction of sp³-hybridized carbons (Fsp3) is 0.250. The molecular formula is C16H16N2O. The Labute approximate surface area is 112 Å². The van der Waals surface area contributed by atoms with E-state index in [2.05, 4.69) is 17.1 Å². The van der Waals surface area contributed by atoms with Gasteiger partial charge in [-0.1, -0.05) is 30.3 Å². The molecular weight excluding hydrogens is 236 g/mol. The molecule has 96 valence electrons. The molecule has 3 rings (SSSR count). The summed E-state index contributed by atoms with van der Waals surface area (Å²) in [5.41, 5.74) is 1.94. The van der Waals surface area contributed by atoms with Crippen molar-refractivity contribution in [3.8, 4) is 0 Å². The summed E-state index contributed by atoms with van der Waals surface area (Å²) in [6.45, 7) is 0.834. The van der Waals surface area contributed by atoms with Crippen LogP contribution in [0.4, 0.5) is 0 Å². The van der Waals surface area contributed by atoms with Gasteiger partial charge in [0, 0.05) is 24.5 Å². The lowest BCUT2D eigenvalue weighted by atomic mass is 10.0. The lowest BCUT2D eigenvalue weighted by molar-refractivity contribution is 0.0735. The normalized spacial score (nSPS) is 18.5. The van der Waals surface area contributed by atoms with Crippen LogP contribution in [-0.4, -0.2) is 22.3 Å². The molecule has 1 aromatic heterocycles. The number of rotatable bonds is 2. The van der Waals surface area contributed by atoms with Crippen molar-refractivity contribution in [2.75, 3.05) is 6.54 Å². The van der Waals surface area contributed by atoms with Crippen LogP contribution in [0.5, 0.6) is 0 Å². The minimum absolute atomic E-state index is 0.105. The summed E-state index contributed by atoms with van der Waals surface area (Å²) in [6.07, 6.45) is 5.44. The van der Waals surface area contributed by atoms with Gasteiger partial charge in [-0.15, -0.1) is 0 Å². The topological polar surface area (TPSA) is 33.2 Å². The first-order valence-electron chi connectivity index (χ1n) is 6.62. The molecule has 0 radical (unpaired) electrons. The summed E-state index contributed by atoms with van der Waals surface area (Å²) >= 11 is 0. The van der Waals surface area contributed by atoms with Gasteiger partial charge >= 0.3 is 0 Å². The van der Waals surface area contributed by atoms with Crippen LogP contribution in [0, 0.1) is 0 Å². The molecule has 0 saturated carbocycles. The number of carbonyl (C=O) groups is 1. The second-order valence-corrected chi connectivity index (χ2v) is 4.80. The Hall–Kier alpha value is -2.16. The van der Waals surface area contributed by atoms with Gasteiger partial charge in [-0.05, 0) is 30.5 Å². The second-order valence-electron chi connectivity index (χ2n) is 4.80. The maximum atomic E-state index is 12.5. The summed E-state index contributed by atoms with van der Waals surface area (Å²) in [7, 11) is 0. The maximum absolute atomic E-state index is 12.5. The summed E-state index contributed by atoms with van der Waals surface area (Å²) in [4.78, 5) is 18.5. The van der Waals surface area contributed by atoms with Crippen molar-refractivity contribution in [3.05, 3.63) is 66.0 Å². The molecule has 1 atom stereocenters. The third-order valence-corrected chi connectivity index (χ3v) is 3.63. The number of nitrogens with zero attached hydrogens (tertiary/aromatic N) is 2. The number of likely N-dealkylation sites (tertiary alicyclic amines) is 1. The number of benzene rings is 1. The van der Waals surface area contributed by atoms with E-state index in [-0.39, 0.29) is 11.9 Å². The lowest BCUT2D eigenvalue weighted by Gasteiger charge is -2.25. The summed E-state index contributed by atoms with van der Waals surface area (Å²) < 4.78 is 0. The minimum Gasteiger partial charge on any atom is -0.332 e. The zero-order chi connectivity index (χ0) is 13.1. The second kappa shape index (κ2) is 5.22. The predicted octanol–water partition coefficient (Wildman–Crippen LogP) is 3.06. The van der Waals surface area contributed by atoms with Gasteiger partial charge in [0.1, 0.15) is 0 Å². The van der Waals surface area contributed by atoms with Crippen LogP contribution in [0.2, 0.25) is 0 Å². The zero-order valence-corrected chi connectivity index (χ0v) is 10.7. The lowest BCUT2D eigenvalue weighted by Crippen LogP contribution is -2.30. The molecule has 3 nitrogen and oxygen atoms in total. The minimum atomic E-state index is 0.105. The van der Waals surface area contributed by atoms with Crippen molar-refractivity contribution in [1.29, 1.82) is 0 Å². The van der Waals surface area contributed by atoms with Crippen LogP contribution in [0.15, 0.2) is 54.9 Å². The van der Waals surface area contributed by atoms with Crippen LogP contribution in [0.3, 0.4) is 0 Å². The molecule has 0 spiro atoms. The van der Waals surface area contributed by atoms with Crippen LogP contribution in [0.25, 0.3) is 0 Å². The number of amides is 1. The Balaban J connectivity index is 1.86. The number of carbonyl (C=O) groups excluding carboxylic acids is 1. The van der Waals surface area contributed by atoms with E-state index in [1.54, 1.807) is 24.5 Å². The van der Waals surface area contributed by atoms with Crippen molar-refractivity contribution in [1.82, 2.24) is 9.88 Å². The highest BCUT2D eigenvalue weighted by atomic mass is 16.2. The van der Waals surface area contributed by atoms with E-state index >= 15 is 0 Å². The highest BCUT2D eigenvalue weighted by Crippen LogP contribution is 2.32. The van der Waals surface area contributed by atoms with Gasteiger partial charge in [0.05, 0.1) is 6.04 Å². The summed E-state index contributed by atoms with van der Waals surface area (Å²) in [5, 5.41) is 0. The Morgan fingerprint density at radius 3 is 2.58 bits per heavy atom. The largest absolute Gasteiger partial charge is 0.332 e. The van der Waals surface area contributed by atoms with Gasteiger partial charge in [0.2, 0.25) is 0 Å². The molecule has 0 aliphatic carbocycles. The van der Waals surface area contributed by atoms with Gasteiger partial charge in [-0.25, -0.2) is 0 Å². The first-order valence-corrected chi connectivity index (χ1v) is 6.62. The van der Waals surface area contributed by atoms with Crippen molar-refractivity contribution >= 4 is 5.91 Å². The molecule has 1 fully saturated rings. The van der Waals surface area contributed by atoms with Gasteiger partial charge in [0.25, 0.3) is 5.91 Å². The predicted molar refractivity (Wildman–Crippen MR) is 73.7 cm³/mol. The molecule has 1 aliphatic rings. The fourth-order valence-electron chi connectivity index (χ4n) is 2.69. The number of aromatic nitrogens is 1. The van der Waals surface area contributed by atoms with E-state index in [1.165, 1.54) is 5.56 Å². The Morgan fingerprint density at radius 2 is 1.84 bits per heavy atom. The van der Waals surface area contributed by atoms with Gasteiger partial charge < -0.3 is 4.90 Å². The van der Waals surface area contributed by atoms with Gasteiger partial charge in [0.15, 0.2) is 0 Å². The summed E-state index contributed by atoms with van der Waals surface area (Å²) in [5.74, 6) is 0.105. The monoisotopic (exact) mass is 252 g/mol. The fourth-order valence-corrected chi connectivity index (χ4v) is 2.69. The zero-order valence-electron chi connectivity index (χ0n) is 10.7. The molecule has 1 amide bonds. The average Bonchev–Trinajstić information content (AvgIpc) is 2.98.